The predicted molar refractivity (Wildman–Crippen MR) is 124 cm³/mol. The standard InChI is InChI=1S/C24H20FN7O4/c1-12-8-28-18(10-27-12)19(17-6-15(25)5-4-14(17)7-26)13(2)22-31-20(21(33)24(35)32(22)3)23(34)30-16-9-29-36-11-16/h4-6,8-11,13,19,33H,1-3H3,(H,30,34)/t13-,19-/m0/s1. The normalized spacial score (nSPS) is 12.5. The fraction of sp³-hybridized carbons (Fsp3) is 0.208. The molecular formula is C24H20FN7O4. The van der Waals surface area contributed by atoms with Crippen LogP contribution in [0.1, 0.15) is 57.6 Å². The van der Waals surface area contributed by atoms with Crippen LogP contribution in [-0.4, -0.2) is 35.7 Å². The molecule has 0 saturated heterocycles. The molecule has 1 amide bonds. The van der Waals surface area contributed by atoms with E-state index in [1.165, 1.54) is 50.1 Å². The second-order valence-electron chi connectivity index (χ2n) is 8.09. The topological polar surface area (TPSA) is 160 Å². The van der Waals surface area contributed by atoms with Crippen LogP contribution in [0.3, 0.4) is 0 Å². The summed E-state index contributed by atoms with van der Waals surface area (Å²) in [4.78, 5) is 38.7. The van der Waals surface area contributed by atoms with Gasteiger partial charge in [-0.05, 0) is 30.7 Å². The van der Waals surface area contributed by atoms with Crippen LogP contribution in [0.4, 0.5) is 10.1 Å². The molecule has 2 atom stereocenters. The number of hydrogen-bond donors (Lipinski definition) is 2. The summed E-state index contributed by atoms with van der Waals surface area (Å²) in [6.07, 6.45) is 5.43. The lowest BCUT2D eigenvalue weighted by Crippen LogP contribution is -2.29. The summed E-state index contributed by atoms with van der Waals surface area (Å²) in [6, 6.07) is 5.81. The number of rotatable bonds is 6. The smallest absolute Gasteiger partial charge is 0.296 e. The number of nitrogens with zero attached hydrogens (tertiary/aromatic N) is 6. The summed E-state index contributed by atoms with van der Waals surface area (Å²) in [7, 11) is 1.39. The highest BCUT2D eigenvalue weighted by atomic mass is 19.1. The maximum atomic E-state index is 14.3. The molecule has 0 fully saturated rings. The molecule has 0 radical (unpaired) electrons. The summed E-state index contributed by atoms with van der Waals surface area (Å²) in [5.41, 5.74) is 0.361. The van der Waals surface area contributed by atoms with Crippen LogP contribution in [0, 0.1) is 24.1 Å². The summed E-state index contributed by atoms with van der Waals surface area (Å²) in [5, 5.41) is 26.0. The first-order chi connectivity index (χ1) is 17.2. The zero-order valence-corrected chi connectivity index (χ0v) is 19.4. The SMILES string of the molecule is Cc1cnc([C@H](c2cc(F)ccc2C#N)[C@H](C)c2nc(C(=O)Nc3cnoc3)c(O)c(=O)n2C)cn1. The molecule has 3 aromatic heterocycles. The maximum absolute atomic E-state index is 14.3. The van der Waals surface area contributed by atoms with Gasteiger partial charge in [0.15, 0.2) is 5.69 Å². The molecule has 4 aromatic rings. The van der Waals surface area contributed by atoms with Gasteiger partial charge in [-0.3, -0.25) is 24.1 Å². The molecule has 182 valence electrons. The van der Waals surface area contributed by atoms with Crippen molar-refractivity contribution in [3.63, 3.8) is 0 Å². The van der Waals surface area contributed by atoms with Gasteiger partial charge in [0.25, 0.3) is 11.5 Å². The molecule has 1 aromatic carbocycles. The van der Waals surface area contributed by atoms with Crippen LogP contribution in [-0.2, 0) is 7.05 Å². The highest BCUT2D eigenvalue weighted by Gasteiger charge is 2.32. The van der Waals surface area contributed by atoms with Crippen molar-refractivity contribution in [1.29, 1.82) is 5.26 Å². The molecule has 0 bridgehead atoms. The van der Waals surface area contributed by atoms with Crippen LogP contribution in [0.5, 0.6) is 5.75 Å². The molecule has 12 heteroatoms. The minimum Gasteiger partial charge on any atom is -0.501 e. The zero-order chi connectivity index (χ0) is 26.0. The van der Waals surface area contributed by atoms with Gasteiger partial charge in [0, 0.05) is 31.3 Å². The van der Waals surface area contributed by atoms with E-state index in [0.29, 0.717) is 17.0 Å². The minimum absolute atomic E-state index is 0.0915. The number of carbonyl (C=O) groups excluding carboxylic acids is 1. The second-order valence-corrected chi connectivity index (χ2v) is 8.09. The van der Waals surface area contributed by atoms with Crippen molar-refractivity contribution in [1.82, 2.24) is 24.7 Å². The summed E-state index contributed by atoms with van der Waals surface area (Å²) in [5.74, 6) is -3.69. The Kier molecular flexibility index (Phi) is 6.56. The van der Waals surface area contributed by atoms with Crippen molar-refractivity contribution in [3.8, 4) is 11.8 Å². The quantitative estimate of drug-likeness (QED) is 0.415. The van der Waals surface area contributed by atoms with Gasteiger partial charge in [-0.25, -0.2) is 9.37 Å². The average Bonchev–Trinajstić information content (AvgIpc) is 3.37. The van der Waals surface area contributed by atoms with Gasteiger partial charge in [0.1, 0.15) is 23.6 Å². The van der Waals surface area contributed by atoms with Crippen molar-refractivity contribution in [3.05, 3.63) is 93.3 Å². The van der Waals surface area contributed by atoms with Gasteiger partial charge < -0.3 is 14.9 Å². The maximum Gasteiger partial charge on any atom is 0.296 e. The average molecular weight is 489 g/mol. The van der Waals surface area contributed by atoms with Crippen molar-refractivity contribution in [2.45, 2.75) is 25.7 Å². The lowest BCUT2D eigenvalue weighted by molar-refractivity contribution is 0.101. The monoisotopic (exact) mass is 489 g/mol. The minimum atomic E-state index is -0.865. The van der Waals surface area contributed by atoms with Crippen LogP contribution < -0.4 is 10.9 Å². The van der Waals surface area contributed by atoms with Crippen molar-refractivity contribution >= 4 is 11.6 Å². The molecule has 11 nitrogen and oxygen atoms in total. The molecule has 4 rings (SSSR count). The van der Waals surface area contributed by atoms with Crippen LogP contribution in [0.2, 0.25) is 0 Å². The first kappa shape index (κ1) is 24.2. The van der Waals surface area contributed by atoms with Gasteiger partial charge in [-0.1, -0.05) is 12.1 Å². The molecule has 0 aliphatic rings. The van der Waals surface area contributed by atoms with E-state index in [9.17, 15) is 24.3 Å². The van der Waals surface area contributed by atoms with E-state index in [-0.39, 0.29) is 17.1 Å². The third kappa shape index (κ3) is 4.54. The predicted octanol–water partition coefficient (Wildman–Crippen LogP) is 2.77. The van der Waals surface area contributed by atoms with E-state index in [2.05, 4.69) is 36.0 Å². The third-order valence-corrected chi connectivity index (χ3v) is 5.70. The summed E-state index contributed by atoms with van der Waals surface area (Å²) < 4.78 is 20.1. The fourth-order valence-corrected chi connectivity index (χ4v) is 3.92. The van der Waals surface area contributed by atoms with Crippen LogP contribution in [0.25, 0.3) is 0 Å². The molecule has 0 aliphatic carbocycles. The number of nitrogens with one attached hydrogen (secondary N) is 1. The largest absolute Gasteiger partial charge is 0.501 e. The third-order valence-electron chi connectivity index (χ3n) is 5.70. The molecule has 36 heavy (non-hydrogen) atoms. The van der Waals surface area contributed by atoms with Gasteiger partial charge in [-0.2, -0.15) is 5.26 Å². The molecule has 2 N–H and O–H groups in total. The van der Waals surface area contributed by atoms with Gasteiger partial charge >= 0.3 is 0 Å². The van der Waals surface area contributed by atoms with Crippen molar-refractivity contribution in [2.75, 3.05) is 5.32 Å². The van der Waals surface area contributed by atoms with Crippen molar-refractivity contribution < 1.29 is 18.8 Å². The Labute approximate surface area is 203 Å². The summed E-state index contributed by atoms with van der Waals surface area (Å²) >= 11 is 0. The van der Waals surface area contributed by atoms with E-state index < -0.39 is 40.6 Å². The molecule has 3 heterocycles. The fourth-order valence-electron chi connectivity index (χ4n) is 3.92. The molecule has 0 aliphatic heterocycles. The number of anilines is 1. The number of aryl methyl sites for hydroxylation is 1. The van der Waals surface area contributed by atoms with Crippen LogP contribution in [0.15, 0.2) is 52.4 Å². The Morgan fingerprint density at radius 2 is 2.06 bits per heavy atom. The lowest BCUT2D eigenvalue weighted by atomic mass is 9.81. The number of carbonyl (C=O) groups is 1. The Hall–Kier alpha value is -4.92. The Morgan fingerprint density at radius 3 is 2.69 bits per heavy atom. The summed E-state index contributed by atoms with van der Waals surface area (Å²) in [6.45, 7) is 3.45. The van der Waals surface area contributed by atoms with E-state index in [1.807, 2.05) is 0 Å². The first-order valence-electron chi connectivity index (χ1n) is 10.7. The van der Waals surface area contributed by atoms with E-state index in [4.69, 9.17) is 0 Å². The molecule has 0 spiro atoms. The van der Waals surface area contributed by atoms with Gasteiger partial charge in [0.05, 0.1) is 29.2 Å². The second kappa shape index (κ2) is 9.75. The Morgan fingerprint density at radius 1 is 1.28 bits per heavy atom. The number of hydrogen-bond acceptors (Lipinski definition) is 9. The number of amides is 1. The van der Waals surface area contributed by atoms with E-state index in [0.717, 1.165) is 4.57 Å². The molecular weight excluding hydrogens is 469 g/mol. The molecule has 0 saturated carbocycles. The first-order valence-corrected chi connectivity index (χ1v) is 10.7. The van der Waals surface area contributed by atoms with Gasteiger partial charge in [0.2, 0.25) is 5.75 Å². The number of aromatic hydroxyl groups is 1. The highest BCUT2D eigenvalue weighted by Crippen LogP contribution is 2.38. The number of benzene rings is 1. The number of nitriles is 1. The number of aromatic nitrogens is 5. The lowest BCUT2D eigenvalue weighted by Gasteiger charge is -2.26. The van der Waals surface area contributed by atoms with E-state index in [1.54, 1.807) is 13.8 Å². The molecule has 0 unspecified atom stereocenters. The zero-order valence-electron chi connectivity index (χ0n) is 19.4. The van der Waals surface area contributed by atoms with Crippen LogP contribution >= 0.6 is 0 Å². The highest BCUT2D eigenvalue weighted by molar-refractivity contribution is 6.04. The van der Waals surface area contributed by atoms with Crippen molar-refractivity contribution in [2.24, 2.45) is 7.05 Å². The van der Waals surface area contributed by atoms with Gasteiger partial charge in [-0.15, -0.1) is 0 Å². The Bertz CT molecular complexity index is 1530. The van der Waals surface area contributed by atoms with E-state index >= 15 is 0 Å². The number of halogens is 1. The Balaban J connectivity index is 1.89.